The second-order valence-electron chi connectivity index (χ2n) is 1.32. The molecule has 44 valence electrons. The summed E-state index contributed by atoms with van der Waals surface area (Å²) in [6.07, 6.45) is 3.07. The first-order chi connectivity index (χ1) is 3.79. The van der Waals surface area contributed by atoms with E-state index in [1.165, 1.54) is 12.4 Å². The second kappa shape index (κ2) is 4.53. The summed E-state index contributed by atoms with van der Waals surface area (Å²) < 4.78 is 0. The van der Waals surface area contributed by atoms with E-state index in [0.717, 1.165) is 0 Å². The van der Waals surface area contributed by atoms with E-state index < -0.39 is 0 Å². The van der Waals surface area contributed by atoms with Crippen molar-refractivity contribution in [3.63, 3.8) is 0 Å². The smallest absolute Gasteiger partial charge is 1.00 e. The van der Waals surface area contributed by atoms with Crippen molar-refractivity contribution in [2.45, 2.75) is 0 Å². The van der Waals surface area contributed by atoms with Crippen LogP contribution >= 0.6 is 23.2 Å². The molecule has 0 saturated heterocycles. The monoisotopic (exact) mass is 171 g/mol. The van der Waals surface area contributed by atoms with Gasteiger partial charge in [-0.2, -0.15) is 0 Å². The zero-order valence-electron chi connectivity index (χ0n) is 5.94. The zero-order chi connectivity index (χ0) is 5.98. The van der Waals surface area contributed by atoms with Crippen molar-refractivity contribution in [1.29, 1.82) is 0 Å². The van der Waals surface area contributed by atoms with Crippen molar-refractivity contribution in [1.82, 2.24) is 4.98 Å². The minimum Gasteiger partial charge on any atom is -1.00 e. The van der Waals surface area contributed by atoms with Crippen molar-refractivity contribution in [3.05, 3.63) is 28.5 Å². The molecule has 9 heavy (non-hydrogen) atoms. The van der Waals surface area contributed by atoms with E-state index in [2.05, 4.69) is 4.98 Å². The van der Waals surface area contributed by atoms with Crippen LogP contribution in [0, 0.1) is 0 Å². The van der Waals surface area contributed by atoms with Crippen LogP contribution in [0.4, 0.5) is 0 Å². The van der Waals surface area contributed by atoms with Crippen LogP contribution in [0.1, 0.15) is 1.43 Å². The van der Waals surface area contributed by atoms with Gasteiger partial charge in [0.05, 0.1) is 10.0 Å². The summed E-state index contributed by atoms with van der Waals surface area (Å²) in [6, 6.07) is 1.64. The fourth-order valence-corrected chi connectivity index (χ4v) is 0.790. The van der Waals surface area contributed by atoms with Crippen LogP contribution < -0.4 is 29.6 Å². The molecule has 0 radical (unpaired) electrons. The molecule has 4 heteroatoms. The topological polar surface area (TPSA) is 12.9 Å². The predicted octanol–water partition coefficient (Wildman–Crippen LogP) is -0.495. The maximum absolute atomic E-state index is 5.50. The van der Waals surface area contributed by atoms with Crippen LogP contribution in [-0.4, -0.2) is 4.98 Å². The van der Waals surface area contributed by atoms with E-state index in [0.29, 0.717) is 10.0 Å². The van der Waals surface area contributed by atoms with Gasteiger partial charge >= 0.3 is 29.6 Å². The van der Waals surface area contributed by atoms with E-state index in [4.69, 9.17) is 23.2 Å². The third-order valence-electron chi connectivity index (χ3n) is 0.672. The molecule has 0 aromatic carbocycles. The Kier molecular flexibility index (Phi) is 4.90. The SMILES string of the molecule is Clc1cncc(Cl)c1.[H-].[Na+]. The molecule has 1 heterocycles. The van der Waals surface area contributed by atoms with Crippen LogP contribution in [0.3, 0.4) is 0 Å². The first-order valence-corrected chi connectivity index (χ1v) is 2.80. The third kappa shape index (κ3) is 3.43. The molecule has 1 aromatic rings. The van der Waals surface area contributed by atoms with Crippen LogP contribution in [-0.2, 0) is 0 Å². The molecular weight excluding hydrogens is 168 g/mol. The maximum Gasteiger partial charge on any atom is 1.00 e. The number of pyridine rings is 1. The summed E-state index contributed by atoms with van der Waals surface area (Å²) in [5, 5.41) is 1.13. The van der Waals surface area contributed by atoms with E-state index in [1.54, 1.807) is 6.07 Å². The second-order valence-corrected chi connectivity index (χ2v) is 2.19. The van der Waals surface area contributed by atoms with Gasteiger partial charge in [-0.15, -0.1) is 0 Å². The molecule has 0 unspecified atom stereocenters. The number of rotatable bonds is 0. The van der Waals surface area contributed by atoms with Crippen LogP contribution in [0.15, 0.2) is 18.5 Å². The quantitative estimate of drug-likeness (QED) is 0.481. The molecule has 0 aliphatic rings. The first kappa shape index (κ1) is 9.73. The Morgan fingerprint density at radius 1 is 1.22 bits per heavy atom. The molecule has 0 amide bonds. The summed E-state index contributed by atoms with van der Waals surface area (Å²) >= 11 is 11.0. The molecule has 1 aromatic heterocycles. The van der Waals surface area contributed by atoms with Gasteiger partial charge in [0.25, 0.3) is 0 Å². The predicted molar refractivity (Wildman–Crippen MR) is 35.4 cm³/mol. The number of halogens is 2. The van der Waals surface area contributed by atoms with Gasteiger partial charge in [-0.05, 0) is 6.07 Å². The van der Waals surface area contributed by atoms with E-state index in [-0.39, 0.29) is 31.0 Å². The van der Waals surface area contributed by atoms with Gasteiger partial charge in [0.1, 0.15) is 0 Å². The zero-order valence-corrected chi connectivity index (χ0v) is 8.45. The maximum atomic E-state index is 5.50. The van der Waals surface area contributed by atoms with Crippen LogP contribution in [0.5, 0.6) is 0 Å². The van der Waals surface area contributed by atoms with Crippen molar-refractivity contribution < 1.29 is 31.0 Å². The van der Waals surface area contributed by atoms with Crippen LogP contribution in [0.2, 0.25) is 10.0 Å². The summed E-state index contributed by atoms with van der Waals surface area (Å²) in [5.41, 5.74) is 0. The Morgan fingerprint density at radius 3 is 1.89 bits per heavy atom. The van der Waals surface area contributed by atoms with Gasteiger partial charge < -0.3 is 1.43 Å². The number of aromatic nitrogens is 1. The van der Waals surface area contributed by atoms with Crippen molar-refractivity contribution in [3.8, 4) is 0 Å². The Bertz CT molecular complexity index is 180. The molecule has 0 fully saturated rings. The van der Waals surface area contributed by atoms with Gasteiger partial charge in [0.2, 0.25) is 0 Å². The Hall–Kier alpha value is 0.730. The molecule has 0 atom stereocenters. The molecule has 1 rings (SSSR count). The molecule has 0 spiro atoms. The van der Waals surface area contributed by atoms with Crippen molar-refractivity contribution in [2.75, 3.05) is 0 Å². The molecule has 0 aliphatic heterocycles. The van der Waals surface area contributed by atoms with Gasteiger partial charge in [0.15, 0.2) is 0 Å². The number of hydrogen-bond donors (Lipinski definition) is 0. The standard InChI is InChI=1S/C5H3Cl2N.Na.H/c6-4-1-5(7)3-8-2-4;;/h1-3H;;/q;+1;-1. The van der Waals surface area contributed by atoms with Crippen molar-refractivity contribution >= 4 is 23.2 Å². The summed E-state index contributed by atoms with van der Waals surface area (Å²) in [4.78, 5) is 3.72. The molecule has 0 N–H and O–H groups in total. The van der Waals surface area contributed by atoms with E-state index in [9.17, 15) is 0 Å². The minimum absolute atomic E-state index is 0. The Balaban J connectivity index is 0. The van der Waals surface area contributed by atoms with Gasteiger partial charge in [0, 0.05) is 12.4 Å². The van der Waals surface area contributed by atoms with E-state index >= 15 is 0 Å². The third-order valence-corrected chi connectivity index (χ3v) is 1.08. The summed E-state index contributed by atoms with van der Waals surface area (Å²) in [7, 11) is 0. The summed E-state index contributed by atoms with van der Waals surface area (Å²) in [5.74, 6) is 0. The normalized spacial score (nSPS) is 8.22. The molecule has 0 aliphatic carbocycles. The first-order valence-electron chi connectivity index (χ1n) is 2.05. The largest absolute Gasteiger partial charge is 1.00 e. The fourth-order valence-electron chi connectivity index (χ4n) is 0.386. The number of nitrogens with zero attached hydrogens (tertiary/aromatic N) is 1. The van der Waals surface area contributed by atoms with E-state index in [1.807, 2.05) is 0 Å². The molecular formula is C5H4Cl2NNa. The average Bonchev–Trinajstić information content (AvgIpc) is 1.64. The van der Waals surface area contributed by atoms with Gasteiger partial charge in [-0.3, -0.25) is 4.98 Å². The fraction of sp³-hybridized carbons (Fsp3) is 0. The molecule has 0 saturated carbocycles. The van der Waals surface area contributed by atoms with Gasteiger partial charge in [-0.25, -0.2) is 0 Å². The minimum atomic E-state index is 0. The molecule has 1 nitrogen and oxygen atoms in total. The Labute approximate surface area is 87.2 Å². The summed E-state index contributed by atoms with van der Waals surface area (Å²) in [6.45, 7) is 0. The molecule has 0 bridgehead atoms. The van der Waals surface area contributed by atoms with Crippen molar-refractivity contribution in [2.24, 2.45) is 0 Å². The van der Waals surface area contributed by atoms with Gasteiger partial charge in [-0.1, -0.05) is 23.2 Å². The average molecular weight is 172 g/mol. The van der Waals surface area contributed by atoms with Crippen LogP contribution in [0.25, 0.3) is 0 Å². The number of hydrogen-bond acceptors (Lipinski definition) is 1. The Morgan fingerprint density at radius 2 is 1.67 bits per heavy atom.